The van der Waals surface area contributed by atoms with Crippen LogP contribution in [0.25, 0.3) is 0 Å². The highest BCUT2D eigenvalue weighted by Gasteiger charge is 2.14. The van der Waals surface area contributed by atoms with Crippen LogP contribution in [0.2, 0.25) is 0 Å². The zero-order valence-electron chi connectivity index (χ0n) is 11.7. The summed E-state index contributed by atoms with van der Waals surface area (Å²) >= 11 is 0. The molecule has 1 saturated heterocycles. The Morgan fingerprint density at radius 3 is 2.95 bits per heavy atom. The van der Waals surface area contributed by atoms with Gasteiger partial charge in [-0.05, 0) is 25.3 Å². The molecule has 0 spiro atoms. The van der Waals surface area contributed by atoms with Crippen LogP contribution >= 0.6 is 0 Å². The molecule has 2 rings (SSSR count). The zero-order chi connectivity index (χ0) is 13.5. The average molecular weight is 265 g/mol. The fourth-order valence-corrected chi connectivity index (χ4v) is 2.11. The molecule has 0 saturated carbocycles. The van der Waals surface area contributed by atoms with E-state index in [9.17, 15) is 0 Å². The quantitative estimate of drug-likeness (QED) is 0.616. The summed E-state index contributed by atoms with van der Waals surface area (Å²) in [7, 11) is 1.80. The number of hydrogen-bond donors (Lipinski definition) is 2. The Balaban J connectivity index is 1.70. The minimum absolute atomic E-state index is 0.465. The van der Waals surface area contributed by atoms with E-state index >= 15 is 0 Å². The molecule has 106 valence electrons. The molecule has 1 aromatic heterocycles. The molecule has 6 heteroatoms. The molecule has 0 bridgehead atoms. The fourth-order valence-electron chi connectivity index (χ4n) is 2.11. The van der Waals surface area contributed by atoms with Gasteiger partial charge in [0.05, 0.1) is 12.7 Å². The van der Waals surface area contributed by atoms with E-state index in [2.05, 4.69) is 20.7 Å². The molecular weight excluding hydrogens is 242 g/mol. The van der Waals surface area contributed by atoms with Crippen molar-refractivity contribution in [2.24, 2.45) is 4.99 Å². The maximum Gasteiger partial charge on any atom is 0.191 e. The predicted molar refractivity (Wildman–Crippen MR) is 75.3 cm³/mol. The number of aliphatic imine (C=N–C) groups is 1. The predicted octanol–water partition coefficient (Wildman–Crippen LogP) is 0.536. The number of aryl methyl sites for hydroxylation is 1. The third-order valence-electron chi connectivity index (χ3n) is 3.18. The summed E-state index contributed by atoms with van der Waals surface area (Å²) in [5.74, 6) is 0.857. The van der Waals surface area contributed by atoms with E-state index in [-0.39, 0.29) is 0 Å². The molecule has 0 unspecified atom stereocenters. The van der Waals surface area contributed by atoms with Crippen molar-refractivity contribution >= 4 is 5.96 Å². The zero-order valence-corrected chi connectivity index (χ0v) is 11.7. The van der Waals surface area contributed by atoms with Crippen LogP contribution in [-0.4, -0.2) is 48.6 Å². The van der Waals surface area contributed by atoms with Gasteiger partial charge >= 0.3 is 0 Å². The molecule has 1 aliphatic heterocycles. The number of nitrogens with one attached hydrogen (secondary N) is 2. The molecule has 1 aliphatic rings. The number of nitrogens with zero attached hydrogens (tertiary/aromatic N) is 3. The molecule has 1 fully saturated rings. The first-order valence-corrected chi connectivity index (χ1v) is 6.82. The molecule has 2 N–H and O–H groups in total. The minimum atomic E-state index is 0.465. The third kappa shape index (κ3) is 4.55. The standard InChI is InChI=1S/C13H23N5O/c1-11-9-16-18(10-11)6-5-15-13(14-2)17-12-3-7-19-8-4-12/h9-10,12H,3-8H2,1-2H3,(H2,14,15,17). The Bertz CT molecular complexity index is 409. The lowest BCUT2D eigenvalue weighted by atomic mass is 10.1. The van der Waals surface area contributed by atoms with E-state index < -0.39 is 0 Å². The van der Waals surface area contributed by atoms with Crippen LogP contribution in [0.3, 0.4) is 0 Å². The van der Waals surface area contributed by atoms with E-state index in [1.807, 2.05) is 24.0 Å². The number of rotatable bonds is 4. The summed E-state index contributed by atoms with van der Waals surface area (Å²) in [4.78, 5) is 4.24. The second-order valence-corrected chi connectivity index (χ2v) is 4.81. The Morgan fingerprint density at radius 2 is 2.32 bits per heavy atom. The van der Waals surface area contributed by atoms with Gasteiger partial charge < -0.3 is 15.4 Å². The monoisotopic (exact) mass is 265 g/mol. The van der Waals surface area contributed by atoms with Crippen LogP contribution in [0, 0.1) is 6.92 Å². The normalized spacial score (nSPS) is 17.5. The Hall–Kier alpha value is -1.56. The molecule has 0 radical (unpaired) electrons. The molecule has 0 amide bonds. The molecule has 0 aliphatic carbocycles. The van der Waals surface area contributed by atoms with Crippen molar-refractivity contribution in [3.8, 4) is 0 Å². The first-order chi connectivity index (χ1) is 9.28. The number of ether oxygens (including phenoxy) is 1. The Morgan fingerprint density at radius 1 is 1.53 bits per heavy atom. The molecule has 0 atom stereocenters. The van der Waals surface area contributed by atoms with Gasteiger partial charge in [-0.3, -0.25) is 9.67 Å². The summed E-state index contributed by atoms with van der Waals surface area (Å²) in [6.07, 6.45) is 5.99. The molecule has 2 heterocycles. The van der Waals surface area contributed by atoms with Gasteiger partial charge in [0, 0.05) is 39.0 Å². The Kier molecular flexibility index (Phi) is 5.20. The maximum absolute atomic E-state index is 5.34. The molecule has 0 aromatic carbocycles. The van der Waals surface area contributed by atoms with E-state index in [1.54, 1.807) is 7.05 Å². The van der Waals surface area contributed by atoms with Gasteiger partial charge in [-0.2, -0.15) is 5.10 Å². The largest absolute Gasteiger partial charge is 0.381 e. The van der Waals surface area contributed by atoms with Crippen LogP contribution < -0.4 is 10.6 Å². The van der Waals surface area contributed by atoms with E-state index in [0.29, 0.717) is 6.04 Å². The van der Waals surface area contributed by atoms with Gasteiger partial charge in [-0.15, -0.1) is 0 Å². The lowest BCUT2D eigenvalue weighted by Crippen LogP contribution is -2.46. The van der Waals surface area contributed by atoms with Crippen LogP contribution in [0.4, 0.5) is 0 Å². The van der Waals surface area contributed by atoms with Gasteiger partial charge in [0.1, 0.15) is 0 Å². The summed E-state index contributed by atoms with van der Waals surface area (Å²) in [6, 6.07) is 0.465. The van der Waals surface area contributed by atoms with Gasteiger partial charge in [-0.1, -0.05) is 0 Å². The van der Waals surface area contributed by atoms with Crippen molar-refractivity contribution in [3.05, 3.63) is 18.0 Å². The minimum Gasteiger partial charge on any atom is -0.381 e. The SMILES string of the molecule is CN=C(NCCn1cc(C)cn1)NC1CCOCC1. The average Bonchev–Trinajstić information content (AvgIpc) is 2.84. The molecule has 1 aromatic rings. The summed E-state index contributed by atoms with van der Waals surface area (Å²) in [6.45, 7) is 5.36. The lowest BCUT2D eigenvalue weighted by Gasteiger charge is -2.25. The van der Waals surface area contributed by atoms with Crippen LogP contribution in [0.5, 0.6) is 0 Å². The van der Waals surface area contributed by atoms with E-state index in [0.717, 1.165) is 45.1 Å². The first kappa shape index (κ1) is 13.9. The van der Waals surface area contributed by atoms with Crippen LogP contribution in [0.1, 0.15) is 18.4 Å². The summed E-state index contributed by atoms with van der Waals surface area (Å²) in [5, 5.41) is 11.0. The van der Waals surface area contributed by atoms with E-state index in [1.165, 1.54) is 5.56 Å². The van der Waals surface area contributed by atoms with Crippen molar-refractivity contribution in [3.63, 3.8) is 0 Å². The van der Waals surface area contributed by atoms with Gasteiger partial charge in [0.15, 0.2) is 5.96 Å². The lowest BCUT2D eigenvalue weighted by molar-refractivity contribution is 0.0822. The van der Waals surface area contributed by atoms with Gasteiger partial charge in [0.25, 0.3) is 0 Å². The topological polar surface area (TPSA) is 63.5 Å². The highest BCUT2D eigenvalue weighted by atomic mass is 16.5. The summed E-state index contributed by atoms with van der Waals surface area (Å²) in [5.41, 5.74) is 1.18. The number of aromatic nitrogens is 2. The highest BCUT2D eigenvalue weighted by Crippen LogP contribution is 2.05. The van der Waals surface area contributed by atoms with Crippen molar-refractivity contribution in [1.29, 1.82) is 0 Å². The number of guanidine groups is 1. The number of hydrogen-bond acceptors (Lipinski definition) is 3. The molecule has 19 heavy (non-hydrogen) atoms. The second kappa shape index (κ2) is 7.13. The van der Waals surface area contributed by atoms with Gasteiger partial charge in [-0.25, -0.2) is 0 Å². The molecule has 6 nitrogen and oxygen atoms in total. The second-order valence-electron chi connectivity index (χ2n) is 4.81. The van der Waals surface area contributed by atoms with Gasteiger partial charge in [0.2, 0.25) is 0 Å². The van der Waals surface area contributed by atoms with Crippen LogP contribution in [0.15, 0.2) is 17.4 Å². The van der Waals surface area contributed by atoms with Crippen molar-refractivity contribution in [2.75, 3.05) is 26.8 Å². The van der Waals surface area contributed by atoms with Crippen molar-refractivity contribution in [1.82, 2.24) is 20.4 Å². The van der Waals surface area contributed by atoms with Crippen molar-refractivity contribution < 1.29 is 4.74 Å². The fraction of sp³-hybridized carbons (Fsp3) is 0.692. The first-order valence-electron chi connectivity index (χ1n) is 6.82. The summed E-state index contributed by atoms with van der Waals surface area (Å²) < 4.78 is 7.28. The highest BCUT2D eigenvalue weighted by molar-refractivity contribution is 5.79. The van der Waals surface area contributed by atoms with Crippen LogP contribution in [-0.2, 0) is 11.3 Å². The van der Waals surface area contributed by atoms with E-state index in [4.69, 9.17) is 4.74 Å². The Labute approximate surface area is 114 Å². The smallest absolute Gasteiger partial charge is 0.191 e. The van der Waals surface area contributed by atoms with Crippen molar-refractivity contribution in [2.45, 2.75) is 32.4 Å². The third-order valence-corrected chi connectivity index (χ3v) is 3.18. The molecular formula is C13H23N5O. The maximum atomic E-state index is 5.34.